The molecular weight excluding hydrogens is 548 g/mol. The van der Waals surface area contributed by atoms with Gasteiger partial charge in [-0.1, -0.05) is 72.3 Å². The van der Waals surface area contributed by atoms with Gasteiger partial charge in [-0.05, 0) is 49.9 Å². The van der Waals surface area contributed by atoms with E-state index in [1.54, 1.807) is 23.2 Å². The van der Waals surface area contributed by atoms with E-state index < -0.39 is 11.7 Å². The first-order valence-electron chi connectivity index (χ1n) is 14.6. The molecule has 0 spiro atoms. The number of halogens is 1. The number of nitrogens with zero attached hydrogens (tertiary/aromatic N) is 3. The SMILES string of the molecule is C[C@@H]1CN(C(c2ccccc2)c2ccccc2)[C@@H](C)CN1C(=O)c1cc2c(C(=O)C(=O)N3CCCC3)c[nH]c2cc1Cl. The van der Waals surface area contributed by atoms with E-state index in [0.717, 1.165) is 12.8 Å². The molecule has 4 aromatic rings. The number of nitrogens with one attached hydrogen (secondary N) is 1. The van der Waals surface area contributed by atoms with Crippen molar-refractivity contribution in [3.63, 3.8) is 0 Å². The quantitative estimate of drug-likeness (QED) is 0.225. The molecule has 0 radical (unpaired) electrons. The van der Waals surface area contributed by atoms with Crippen LogP contribution in [0.2, 0.25) is 5.02 Å². The van der Waals surface area contributed by atoms with Crippen LogP contribution in [0.4, 0.5) is 0 Å². The van der Waals surface area contributed by atoms with Crippen LogP contribution in [0.15, 0.2) is 79.0 Å². The van der Waals surface area contributed by atoms with Crippen molar-refractivity contribution in [2.45, 2.75) is 44.8 Å². The first-order chi connectivity index (χ1) is 20.3. The molecule has 0 saturated carbocycles. The fraction of sp³-hybridized carbons (Fsp3) is 0.324. The maximum atomic E-state index is 14.0. The van der Waals surface area contributed by atoms with Gasteiger partial charge in [-0.25, -0.2) is 0 Å². The van der Waals surface area contributed by atoms with E-state index in [2.05, 4.69) is 72.3 Å². The topological polar surface area (TPSA) is 76.7 Å². The van der Waals surface area contributed by atoms with Gasteiger partial charge in [-0.2, -0.15) is 0 Å². The van der Waals surface area contributed by atoms with Crippen LogP contribution in [-0.2, 0) is 4.79 Å². The van der Waals surface area contributed by atoms with Crippen molar-refractivity contribution in [2.24, 2.45) is 0 Å². The third kappa shape index (κ3) is 5.23. The number of carbonyl (C=O) groups is 3. The van der Waals surface area contributed by atoms with E-state index in [9.17, 15) is 14.4 Å². The minimum atomic E-state index is -0.563. The molecular formula is C34H35ClN4O3. The van der Waals surface area contributed by atoms with Gasteiger partial charge in [-0.15, -0.1) is 0 Å². The highest BCUT2D eigenvalue weighted by Gasteiger charge is 2.37. The summed E-state index contributed by atoms with van der Waals surface area (Å²) in [6.45, 7) is 6.62. The van der Waals surface area contributed by atoms with Crippen molar-refractivity contribution in [1.82, 2.24) is 19.7 Å². The van der Waals surface area contributed by atoms with Crippen LogP contribution in [0.3, 0.4) is 0 Å². The maximum absolute atomic E-state index is 14.0. The lowest BCUT2D eigenvalue weighted by molar-refractivity contribution is -0.125. The number of aromatic nitrogens is 1. The molecule has 0 unspecified atom stereocenters. The number of likely N-dealkylation sites (tertiary alicyclic amines) is 1. The van der Waals surface area contributed by atoms with Crippen molar-refractivity contribution < 1.29 is 14.4 Å². The smallest absolute Gasteiger partial charge is 0.295 e. The van der Waals surface area contributed by atoms with E-state index in [4.69, 9.17) is 11.6 Å². The third-order valence-electron chi connectivity index (χ3n) is 8.69. The van der Waals surface area contributed by atoms with Gasteiger partial charge in [0.2, 0.25) is 0 Å². The van der Waals surface area contributed by atoms with Crippen LogP contribution in [0, 0.1) is 0 Å². The summed E-state index contributed by atoms with van der Waals surface area (Å²) in [5.74, 6) is -1.24. The third-order valence-corrected chi connectivity index (χ3v) is 9.00. The average Bonchev–Trinajstić information content (AvgIpc) is 3.69. The lowest BCUT2D eigenvalue weighted by Crippen LogP contribution is -2.58. The fourth-order valence-corrected chi connectivity index (χ4v) is 6.72. The Morgan fingerprint density at radius 2 is 1.45 bits per heavy atom. The molecule has 216 valence electrons. The van der Waals surface area contributed by atoms with E-state index >= 15 is 0 Å². The highest BCUT2D eigenvalue weighted by Crippen LogP contribution is 2.35. The first-order valence-corrected chi connectivity index (χ1v) is 15.0. The number of Topliss-reactive ketones (excluding diaryl/α,β-unsaturated/α-hetero) is 1. The number of H-pyrrole nitrogens is 1. The second-order valence-electron chi connectivity index (χ2n) is 11.5. The number of carbonyl (C=O) groups excluding carboxylic acids is 3. The Bertz CT molecular complexity index is 1570. The molecule has 42 heavy (non-hydrogen) atoms. The molecule has 0 aliphatic carbocycles. The summed E-state index contributed by atoms with van der Waals surface area (Å²) >= 11 is 6.66. The van der Waals surface area contributed by atoms with Gasteiger partial charge in [0.05, 0.1) is 22.2 Å². The summed E-state index contributed by atoms with van der Waals surface area (Å²) in [4.78, 5) is 49.0. The Hall–Kier alpha value is -3.94. The van der Waals surface area contributed by atoms with E-state index in [0.29, 0.717) is 47.7 Å². The summed E-state index contributed by atoms with van der Waals surface area (Å²) in [7, 11) is 0. The number of hydrogen-bond donors (Lipinski definition) is 1. The average molecular weight is 583 g/mol. The van der Waals surface area contributed by atoms with Gasteiger partial charge in [0, 0.05) is 55.4 Å². The summed E-state index contributed by atoms with van der Waals surface area (Å²) in [5.41, 5.74) is 3.65. The number of aromatic amines is 1. The zero-order valence-corrected chi connectivity index (χ0v) is 24.7. The Labute approximate surface area is 251 Å². The Morgan fingerprint density at radius 1 is 0.833 bits per heavy atom. The monoisotopic (exact) mass is 582 g/mol. The van der Waals surface area contributed by atoms with Crippen LogP contribution in [0.25, 0.3) is 10.9 Å². The Balaban J connectivity index is 1.27. The minimum Gasteiger partial charge on any atom is -0.360 e. The summed E-state index contributed by atoms with van der Waals surface area (Å²) < 4.78 is 0. The van der Waals surface area contributed by atoms with Gasteiger partial charge >= 0.3 is 0 Å². The summed E-state index contributed by atoms with van der Waals surface area (Å²) in [6, 6.07) is 24.3. The van der Waals surface area contributed by atoms with E-state index in [1.807, 2.05) is 17.0 Å². The Morgan fingerprint density at radius 3 is 2.07 bits per heavy atom. The molecule has 3 heterocycles. The molecule has 1 aromatic heterocycles. The zero-order valence-electron chi connectivity index (χ0n) is 23.9. The normalized spacial score (nSPS) is 19.5. The van der Waals surface area contributed by atoms with Gasteiger partial charge in [0.25, 0.3) is 17.6 Å². The number of rotatable bonds is 6. The number of ketones is 1. The molecule has 2 fully saturated rings. The second kappa shape index (κ2) is 11.7. The number of piperazine rings is 1. The molecule has 0 bridgehead atoms. The predicted molar refractivity (Wildman–Crippen MR) is 165 cm³/mol. The van der Waals surface area contributed by atoms with E-state index in [1.165, 1.54) is 11.1 Å². The molecule has 8 heteroatoms. The minimum absolute atomic E-state index is 0.0589. The predicted octanol–water partition coefficient (Wildman–Crippen LogP) is 5.95. The largest absolute Gasteiger partial charge is 0.360 e. The van der Waals surface area contributed by atoms with Gasteiger partial charge < -0.3 is 14.8 Å². The second-order valence-corrected chi connectivity index (χ2v) is 11.9. The molecule has 6 rings (SSSR count). The highest BCUT2D eigenvalue weighted by atomic mass is 35.5. The summed E-state index contributed by atoms with van der Waals surface area (Å²) in [6.07, 6.45) is 3.35. The van der Waals surface area contributed by atoms with Gasteiger partial charge in [0.1, 0.15) is 0 Å². The highest BCUT2D eigenvalue weighted by molar-refractivity contribution is 6.45. The number of fused-ring (bicyclic) bond motifs is 1. The van der Waals surface area contributed by atoms with Crippen LogP contribution in [0.5, 0.6) is 0 Å². The number of benzene rings is 3. The van der Waals surface area contributed by atoms with Crippen molar-refractivity contribution in [1.29, 1.82) is 0 Å². The molecule has 2 saturated heterocycles. The summed E-state index contributed by atoms with van der Waals surface area (Å²) in [5, 5.41) is 0.848. The van der Waals surface area contributed by atoms with Crippen LogP contribution < -0.4 is 0 Å². The Kier molecular flexibility index (Phi) is 7.88. The van der Waals surface area contributed by atoms with Crippen molar-refractivity contribution in [3.8, 4) is 0 Å². The van der Waals surface area contributed by atoms with Crippen LogP contribution in [0.1, 0.15) is 64.6 Å². The number of hydrogen-bond acceptors (Lipinski definition) is 4. The van der Waals surface area contributed by atoms with Crippen LogP contribution in [-0.4, -0.2) is 75.5 Å². The molecule has 2 amide bonds. The maximum Gasteiger partial charge on any atom is 0.295 e. The van der Waals surface area contributed by atoms with Crippen molar-refractivity contribution >= 4 is 40.1 Å². The molecule has 2 atom stereocenters. The van der Waals surface area contributed by atoms with Crippen LogP contribution >= 0.6 is 11.6 Å². The standard InChI is InChI=1S/C34H35ClN4O3/c1-22-21-39(23(2)20-38(22)31(24-11-5-3-6-12-24)25-13-7-4-8-14-25)33(41)27-17-26-28(19-36-30(26)18-29(27)35)32(40)34(42)37-15-9-10-16-37/h3-8,11-14,17-19,22-23,31,36H,9-10,15-16,20-21H2,1-2H3/t22-,23+/m0/s1. The molecule has 2 aliphatic rings. The first kappa shape index (κ1) is 28.2. The van der Waals surface area contributed by atoms with Crippen molar-refractivity contribution in [2.75, 3.05) is 26.2 Å². The molecule has 7 nitrogen and oxygen atoms in total. The van der Waals surface area contributed by atoms with Gasteiger partial charge in [-0.3, -0.25) is 19.3 Å². The zero-order chi connectivity index (χ0) is 29.4. The molecule has 2 aliphatic heterocycles. The fourth-order valence-electron chi connectivity index (χ4n) is 6.47. The van der Waals surface area contributed by atoms with Gasteiger partial charge in [0.15, 0.2) is 0 Å². The lowest BCUT2D eigenvalue weighted by Gasteiger charge is -2.47. The van der Waals surface area contributed by atoms with Crippen molar-refractivity contribution in [3.05, 3.63) is 106 Å². The lowest BCUT2D eigenvalue weighted by atomic mass is 9.93. The number of amides is 2. The molecule has 3 aromatic carbocycles. The molecule has 1 N–H and O–H groups in total. The van der Waals surface area contributed by atoms with E-state index in [-0.39, 0.29) is 29.6 Å².